The standard InChI is InChI=1S/C15H21O3P/c1-12(14(16)10-11-19-2)18-15(17)9-8-13-6-4-3-5-7-13/h3-9,12,14,16,19H,10-11H2,1-2H3. The molecule has 0 aliphatic carbocycles. The maximum absolute atomic E-state index is 11.6. The Bertz CT molecular complexity index is 403. The third kappa shape index (κ3) is 6.51. The van der Waals surface area contributed by atoms with Gasteiger partial charge in [-0.3, -0.25) is 0 Å². The Labute approximate surface area is 116 Å². The lowest BCUT2D eigenvalue weighted by molar-refractivity contribution is -0.147. The third-order valence-electron chi connectivity index (χ3n) is 2.75. The molecule has 19 heavy (non-hydrogen) atoms. The molecule has 3 nitrogen and oxygen atoms in total. The largest absolute Gasteiger partial charge is 0.457 e. The van der Waals surface area contributed by atoms with E-state index < -0.39 is 18.2 Å². The molecule has 0 saturated heterocycles. The molecular weight excluding hydrogens is 259 g/mol. The Balaban J connectivity index is 2.40. The molecule has 1 aromatic rings. The van der Waals surface area contributed by atoms with Crippen LogP contribution in [-0.4, -0.2) is 36.1 Å². The van der Waals surface area contributed by atoms with Crippen molar-refractivity contribution in [3.05, 3.63) is 42.0 Å². The number of aliphatic hydroxyl groups is 1. The number of rotatable bonds is 7. The first-order chi connectivity index (χ1) is 9.13. The van der Waals surface area contributed by atoms with Crippen LogP contribution in [0.3, 0.4) is 0 Å². The fraction of sp³-hybridized carbons (Fsp3) is 0.400. The van der Waals surface area contributed by atoms with Crippen LogP contribution in [0.25, 0.3) is 6.08 Å². The second-order valence-corrected chi connectivity index (χ2v) is 5.55. The molecule has 1 rings (SSSR count). The Kier molecular flexibility index (Phi) is 7.39. The Morgan fingerprint density at radius 2 is 2.11 bits per heavy atom. The molecule has 0 heterocycles. The zero-order valence-electron chi connectivity index (χ0n) is 11.4. The SMILES string of the molecule is CPCCC(O)C(C)OC(=O)C=Cc1ccccc1. The third-order valence-corrected chi connectivity index (χ3v) is 3.53. The van der Waals surface area contributed by atoms with E-state index >= 15 is 0 Å². The molecule has 104 valence electrons. The van der Waals surface area contributed by atoms with Gasteiger partial charge in [0.2, 0.25) is 0 Å². The van der Waals surface area contributed by atoms with E-state index in [0.717, 1.165) is 20.3 Å². The molecule has 3 unspecified atom stereocenters. The van der Waals surface area contributed by atoms with Gasteiger partial charge in [0.05, 0.1) is 6.10 Å². The fourth-order valence-corrected chi connectivity index (χ4v) is 2.14. The monoisotopic (exact) mass is 280 g/mol. The molecule has 0 radical (unpaired) electrons. The second-order valence-electron chi connectivity index (χ2n) is 4.35. The van der Waals surface area contributed by atoms with Crippen LogP contribution in [0.4, 0.5) is 0 Å². The Hall–Kier alpha value is -1.18. The number of aliphatic hydroxyl groups excluding tert-OH is 1. The minimum Gasteiger partial charge on any atom is -0.457 e. The normalized spacial score (nSPS) is 14.9. The molecule has 0 bridgehead atoms. The number of hydrogen-bond donors (Lipinski definition) is 1. The van der Waals surface area contributed by atoms with Crippen LogP contribution in [0.2, 0.25) is 0 Å². The van der Waals surface area contributed by atoms with Crippen LogP contribution in [0.15, 0.2) is 36.4 Å². The quantitative estimate of drug-likeness (QED) is 0.474. The lowest BCUT2D eigenvalue weighted by Gasteiger charge is -2.18. The molecule has 0 aliphatic rings. The molecule has 0 fully saturated rings. The average Bonchev–Trinajstić information content (AvgIpc) is 2.43. The smallest absolute Gasteiger partial charge is 0.331 e. The summed E-state index contributed by atoms with van der Waals surface area (Å²) in [7, 11) is 0.806. The van der Waals surface area contributed by atoms with Gasteiger partial charge >= 0.3 is 5.97 Å². The first-order valence-electron chi connectivity index (χ1n) is 6.40. The zero-order valence-corrected chi connectivity index (χ0v) is 12.4. The average molecular weight is 280 g/mol. The summed E-state index contributed by atoms with van der Waals surface area (Å²) in [5.41, 5.74) is 0.944. The van der Waals surface area contributed by atoms with Crippen molar-refractivity contribution in [3.8, 4) is 0 Å². The van der Waals surface area contributed by atoms with Gasteiger partial charge in [-0.1, -0.05) is 30.3 Å². The maximum atomic E-state index is 11.6. The highest BCUT2D eigenvalue weighted by molar-refractivity contribution is 7.36. The van der Waals surface area contributed by atoms with Crippen LogP contribution < -0.4 is 0 Å². The minimum atomic E-state index is -0.582. The summed E-state index contributed by atoms with van der Waals surface area (Å²) in [4.78, 5) is 11.6. The fourth-order valence-electron chi connectivity index (χ4n) is 1.56. The van der Waals surface area contributed by atoms with Gasteiger partial charge < -0.3 is 9.84 Å². The highest BCUT2D eigenvalue weighted by atomic mass is 31.1. The van der Waals surface area contributed by atoms with Crippen LogP contribution in [-0.2, 0) is 9.53 Å². The summed E-state index contributed by atoms with van der Waals surface area (Å²) in [5, 5.41) is 9.79. The highest BCUT2D eigenvalue weighted by Crippen LogP contribution is 2.11. The van der Waals surface area contributed by atoms with Crippen LogP contribution in [0, 0.1) is 0 Å². The summed E-state index contributed by atoms with van der Waals surface area (Å²) >= 11 is 0. The van der Waals surface area contributed by atoms with Gasteiger partial charge in [-0.2, -0.15) is 0 Å². The number of carbonyl (C=O) groups is 1. The van der Waals surface area contributed by atoms with E-state index in [4.69, 9.17) is 4.74 Å². The number of esters is 1. The lowest BCUT2D eigenvalue weighted by Crippen LogP contribution is -2.28. The van der Waals surface area contributed by atoms with Gasteiger partial charge in [0.1, 0.15) is 6.10 Å². The highest BCUT2D eigenvalue weighted by Gasteiger charge is 2.16. The van der Waals surface area contributed by atoms with Gasteiger partial charge in [-0.05, 0) is 37.8 Å². The first-order valence-corrected chi connectivity index (χ1v) is 8.10. The van der Waals surface area contributed by atoms with E-state index in [1.807, 2.05) is 30.3 Å². The van der Waals surface area contributed by atoms with Gasteiger partial charge in [0.25, 0.3) is 0 Å². The van der Waals surface area contributed by atoms with Crippen molar-refractivity contribution >= 4 is 20.6 Å². The van der Waals surface area contributed by atoms with Gasteiger partial charge in [0, 0.05) is 6.08 Å². The summed E-state index contributed by atoms with van der Waals surface area (Å²) in [6.45, 7) is 3.81. The van der Waals surface area contributed by atoms with Gasteiger partial charge in [-0.15, -0.1) is 8.58 Å². The van der Waals surface area contributed by atoms with Crippen molar-refractivity contribution in [2.75, 3.05) is 12.8 Å². The Morgan fingerprint density at radius 1 is 1.42 bits per heavy atom. The van der Waals surface area contributed by atoms with E-state index in [1.54, 1.807) is 13.0 Å². The summed E-state index contributed by atoms with van der Waals surface area (Å²) in [5.74, 6) is -0.422. The topological polar surface area (TPSA) is 46.5 Å². The van der Waals surface area contributed by atoms with Crippen molar-refractivity contribution in [2.45, 2.75) is 25.6 Å². The number of carbonyl (C=O) groups excluding carboxylic acids is 1. The van der Waals surface area contributed by atoms with Crippen LogP contribution in [0.5, 0.6) is 0 Å². The first kappa shape index (κ1) is 15.9. The number of ether oxygens (including phenoxy) is 1. The van der Waals surface area contributed by atoms with Gasteiger partial charge in [-0.25, -0.2) is 4.79 Å². The van der Waals surface area contributed by atoms with Crippen molar-refractivity contribution in [1.82, 2.24) is 0 Å². The maximum Gasteiger partial charge on any atom is 0.331 e. The van der Waals surface area contributed by atoms with Crippen molar-refractivity contribution in [1.29, 1.82) is 0 Å². The van der Waals surface area contributed by atoms with E-state index in [-0.39, 0.29) is 0 Å². The molecule has 1 aromatic carbocycles. The molecule has 0 spiro atoms. The zero-order chi connectivity index (χ0) is 14.1. The molecule has 4 heteroatoms. The van der Waals surface area contributed by atoms with Crippen LogP contribution in [0.1, 0.15) is 18.9 Å². The summed E-state index contributed by atoms with van der Waals surface area (Å²) in [6.07, 6.45) is 3.68. The molecule has 0 aromatic heterocycles. The molecule has 1 N–H and O–H groups in total. The molecule has 3 atom stereocenters. The van der Waals surface area contributed by atoms with Crippen molar-refractivity contribution in [3.63, 3.8) is 0 Å². The molecular formula is C15H21O3P. The van der Waals surface area contributed by atoms with E-state index in [2.05, 4.69) is 6.66 Å². The van der Waals surface area contributed by atoms with Crippen molar-refractivity contribution < 1.29 is 14.6 Å². The number of benzene rings is 1. The Morgan fingerprint density at radius 3 is 2.74 bits per heavy atom. The molecule has 0 amide bonds. The van der Waals surface area contributed by atoms with Crippen molar-refractivity contribution in [2.24, 2.45) is 0 Å². The summed E-state index contributed by atoms with van der Waals surface area (Å²) < 4.78 is 5.16. The van der Waals surface area contributed by atoms with E-state index in [9.17, 15) is 9.90 Å². The molecule has 0 aliphatic heterocycles. The van der Waals surface area contributed by atoms with E-state index in [1.165, 1.54) is 6.08 Å². The van der Waals surface area contributed by atoms with E-state index in [0.29, 0.717) is 6.42 Å². The second kappa shape index (κ2) is 8.84. The van der Waals surface area contributed by atoms with Crippen LogP contribution >= 0.6 is 8.58 Å². The van der Waals surface area contributed by atoms with Gasteiger partial charge in [0.15, 0.2) is 0 Å². The number of hydrogen-bond acceptors (Lipinski definition) is 3. The summed E-state index contributed by atoms with van der Waals surface area (Å²) in [6, 6.07) is 9.54. The molecule has 0 saturated carbocycles. The minimum absolute atomic E-state index is 0.422. The lowest BCUT2D eigenvalue weighted by atomic mass is 10.2. The predicted octanol–water partition coefficient (Wildman–Crippen LogP) is 2.69. The predicted molar refractivity (Wildman–Crippen MR) is 80.8 cm³/mol.